The summed E-state index contributed by atoms with van der Waals surface area (Å²) in [7, 11) is 0. The Bertz CT molecular complexity index is 413. The van der Waals surface area contributed by atoms with E-state index in [2.05, 4.69) is 37.8 Å². The Balaban J connectivity index is 2.46. The largest absolute Gasteiger partial charge is 0.353 e. The van der Waals surface area contributed by atoms with Crippen molar-refractivity contribution in [3.63, 3.8) is 0 Å². The number of ether oxygens (including phenoxy) is 2. The van der Waals surface area contributed by atoms with Crippen LogP contribution in [-0.2, 0) is 9.47 Å². The first kappa shape index (κ1) is 13.8. The number of aryl methyl sites for hydroxylation is 2. The molecule has 2 heteroatoms. The van der Waals surface area contributed by atoms with E-state index in [1.54, 1.807) is 0 Å². The van der Waals surface area contributed by atoms with Crippen LogP contribution in [0.25, 0.3) is 0 Å². The van der Waals surface area contributed by atoms with Crippen LogP contribution in [0.3, 0.4) is 0 Å². The molecule has 0 saturated heterocycles. The maximum atomic E-state index is 5.36. The van der Waals surface area contributed by atoms with Gasteiger partial charge in [-0.3, -0.25) is 0 Å². The molecule has 1 aromatic carbocycles. The van der Waals surface area contributed by atoms with E-state index in [9.17, 15) is 0 Å². The zero-order chi connectivity index (χ0) is 12.7. The lowest BCUT2D eigenvalue weighted by Gasteiger charge is -2.09. The Morgan fingerprint density at radius 3 is 2.59 bits per heavy atom. The summed E-state index contributed by atoms with van der Waals surface area (Å²) in [5.74, 6) is 6.07. The maximum absolute atomic E-state index is 5.36. The fourth-order valence-electron chi connectivity index (χ4n) is 1.40. The van der Waals surface area contributed by atoms with Crippen molar-refractivity contribution in [3.05, 3.63) is 34.9 Å². The van der Waals surface area contributed by atoms with Crippen LogP contribution in [0.5, 0.6) is 0 Å². The topological polar surface area (TPSA) is 18.5 Å². The highest BCUT2D eigenvalue weighted by Gasteiger charge is 1.97. The van der Waals surface area contributed by atoms with Gasteiger partial charge in [0.1, 0.15) is 6.61 Å². The van der Waals surface area contributed by atoms with Crippen LogP contribution in [0.1, 0.15) is 30.5 Å². The van der Waals surface area contributed by atoms with Gasteiger partial charge in [-0.25, -0.2) is 0 Å². The third-order valence-electron chi connectivity index (χ3n) is 2.53. The van der Waals surface area contributed by atoms with Gasteiger partial charge in [0.05, 0.1) is 0 Å². The molecule has 1 rings (SSSR count). The minimum atomic E-state index is -0.186. The third-order valence-corrected chi connectivity index (χ3v) is 2.53. The van der Waals surface area contributed by atoms with Crippen LogP contribution in [0.15, 0.2) is 18.2 Å². The first-order valence-corrected chi connectivity index (χ1v) is 5.92. The van der Waals surface area contributed by atoms with Crippen molar-refractivity contribution >= 4 is 0 Å². The molecule has 92 valence electrons. The van der Waals surface area contributed by atoms with Gasteiger partial charge >= 0.3 is 0 Å². The van der Waals surface area contributed by atoms with Crippen molar-refractivity contribution in [2.24, 2.45) is 0 Å². The molecule has 1 aromatic rings. The molecule has 0 aliphatic carbocycles. The lowest BCUT2D eigenvalue weighted by molar-refractivity contribution is -0.117. The van der Waals surface area contributed by atoms with Crippen molar-refractivity contribution in [1.29, 1.82) is 0 Å². The second kappa shape index (κ2) is 7.11. The molecule has 1 atom stereocenters. The van der Waals surface area contributed by atoms with E-state index >= 15 is 0 Å². The average molecular weight is 232 g/mol. The van der Waals surface area contributed by atoms with Gasteiger partial charge in [-0.2, -0.15) is 0 Å². The molecular weight excluding hydrogens is 212 g/mol. The van der Waals surface area contributed by atoms with Gasteiger partial charge in [-0.15, -0.1) is 0 Å². The smallest absolute Gasteiger partial charge is 0.156 e. The summed E-state index contributed by atoms with van der Waals surface area (Å²) in [6, 6.07) is 6.21. The molecule has 2 nitrogen and oxygen atoms in total. The first-order valence-electron chi connectivity index (χ1n) is 5.92. The van der Waals surface area contributed by atoms with E-state index < -0.39 is 0 Å². The zero-order valence-electron chi connectivity index (χ0n) is 11.0. The standard InChI is InChI=1S/C15H20O2/c1-5-16-14(4)17-10-6-7-15-9-8-12(2)13(3)11-15/h8-9,11,14H,5,10H2,1-4H3. The predicted molar refractivity (Wildman–Crippen MR) is 69.8 cm³/mol. The molecule has 0 bridgehead atoms. The Morgan fingerprint density at radius 1 is 1.18 bits per heavy atom. The van der Waals surface area contributed by atoms with E-state index in [-0.39, 0.29) is 6.29 Å². The molecule has 1 unspecified atom stereocenters. The normalized spacial score (nSPS) is 11.8. The fourth-order valence-corrected chi connectivity index (χ4v) is 1.40. The second-order valence-electron chi connectivity index (χ2n) is 3.93. The highest BCUT2D eigenvalue weighted by atomic mass is 16.7. The molecule has 17 heavy (non-hydrogen) atoms. The number of hydrogen-bond acceptors (Lipinski definition) is 2. The van der Waals surface area contributed by atoms with Crippen LogP contribution in [0, 0.1) is 25.7 Å². The second-order valence-corrected chi connectivity index (χ2v) is 3.93. The molecule has 0 fully saturated rings. The molecule has 0 radical (unpaired) electrons. The van der Waals surface area contributed by atoms with Gasteiger partial charge in [0.2, 0.25) is 0 Å². The Hall–Kier alpha value is -1.30. The summed E-state index contributed by atoms with van der Waals surface area (Å²) in [6.07, 6.45) is -0.186. The van der Waals surface area contributed by atoms with Crippen molar-refractivity contribution < 1.29 is 9.47 Å². The highest BCUT2D eigenvalue weighted by molar-refractivity contribution is 5.40. The average Bonchev–Trinajstić information content (AvgIpc) is 2.29. The number of rotatable bonds is 4. The lowest BCUT2D eigenvalue weighted by atomic mass is 10.1. The minimum Gasteiger partial charge on any atom is -0.353 e. The summed E-state index contributed by atoms with van der Waals surface area (Å²) in [4.78, 5) is 0. The highest BCUT2D eigenvalue weighted by Crippen LogP contribution is 2.08. The predicted octanol–water partition coefficient (Wildman–Crippen LogP) is 3.05. The fraction of sp³-hybridized carbons (Fsp3) is 0.467. The summed E-state index contributed by atoms with van der Waals surface area (Å²) < 4.78 is 10.6. The van der Waals surface area contributed by atoms with Crippen LogP contribution in [-0.4, -0.2) is 19.5 Å². The van der Waals surface area contributed by atoms with Gasteiger partial charge in [0.25, 0.3) is 0 Å². The molecule has 0 heterocycles. The lowest BCUT2D eigenvalue weighted by Crippen LogP contribution is -2.12. The van der Waals surface area contributed by atoms with Gasteiger partial charge in [0, 0.05) is 12.2 Å². The molecular formula is C15H20O2. The monoisotopic (exact) mass is 232 g/mol. The summed E-state index contributed by atoms with van der Waals surface area (Å²) in [6.45, 7) is 9.06. The molecule has 0 aromatic heterocycles. The van der Waals surface area contributed by atoms with Crippen molar-refractivity contribution in [1.82, 2.24) is 0 Å². The third kappa shape index (κ3) is 5.04. The summed E-state index contributed by atoms with van der Waals surface area (Å²) >= 11 is 0. The van der Waals surface area contributed by atoms with Crippen LogP contribution in [0.2, 0.25) is 0 Å². The Morgan fingerprint density at radius 2 is 1.94 bits per heavy atom. The minimum absolute atomic E-state index is 0.186. The molecule has 0 aliphatic rings. The molecule has 0 aliphatic heterocycles. The van der Waals surface area contributed by atoms with Gasteiger partial charge in [-0.05, 0) is 51.0 Å². The van der Waals surface area contributed by atoms with Crippen LogP contribution < -0.4 is 0 Å². The molecule has 0 saturated carbocycles. The van der Waals surface area contributed by atoms with Crippen molar-refractivity contribution in [2.45, 2.75) is 34.0 Å². The van der Waals surface area contributed by atoms with Gasteiger partial charge in [0.15, 0.2) is 6.29 Å². The first-order chi connectivity index (χ1) is 8.13. The maximum Gasteiger partial charge on any atom is 0.156 e. The van der Waals surface area contributed by atoms with E-state index in [1.165, 1.54) is 11.1 Å². The Kier molecular flexibility index (Phi) is 5.76. The molecule has 0 spiro atoms. The van der Waals surface area contributed by atoms with Crippen molar-refractivity contribution in [2.75, 3.05) is 13.2 Å². The van der Waals surface area contributed by atoms with Gasteiger partial charge in [-0.1, -0.05) is 17.9 Å². The SMILES string of the molecule is CCOC(C)OCC#Cc1ccc(C)c(C)c1. The molecule has 0 N–H and O–H groups in total. The van der Waals surface area contributed by atoms with E-state index in [4.69, 9.17) is 9.47 Å². The summed E-state index contributed by atoms with van der Waals surface area (Å²) in [5, 5.41) is 0. The van der Waals surface area contributed by atoms with Gasteiger partial charge < -0.3 is 9.47 Å². The zero-order valence-corrected chi connectivity index (χ0v) is 11.0. The quantitative estimate of drug-likeness (QED) is 0.587. The van der Waals surface area contributed by atoms with E-state index in [0.717, 1.165) is 5.56 Å². The van der Waals surface area contributed by atoms with E-state index in [1.807, 2.05) is 19.9 Å². The molecule has 0 amide bonds. The number of benzene rings is 1. The number of hydrogen-bond donors (Lipinski definition) is 0. The summed E-state index contributed by atoms with van der Waals surface area (Å²) in [5.41, 5.74) is 3.58. The van der Waals surface area contributed by atoms with E-state index in [0.29, 0.717) is 13.2 Å². The van der Waals surface area contributed by atoms with Crippen LogP contribution in [0.4, 0.5) is 0 Å². The van der Waals surface area contributed by atoms with Crippen LogP contribution >= 0.6 is 0 Å². The van der Waals surface area contributed by atoms with Crippen molar-refractivity contribution in [3.8, 4) is 11.8 Å². The Labute approximate surface area is 104 Å².